The largest absolute Gasteiger partial charge is 0.259 e. The van der Waals surface area contributed by atoms with Gasteiger partial charge < -0.3 is 0 Å². The first kappa shape index (κ1) is 16.1. The molecule has 0 saturated heterocycles. The number of rotatable bonds is 6. The zero-order valence-electron chi connectivity index (χ0n) is 13.1. The molecule has 3 rings (SSSR count). The molecule has 0 amide bonds. The van der Waals surface area contributed by atoms with Crippen LogP contribution in [0.3, 0.4) is 0 Å². The van der Waals surface area contributed by atoms with E-state index >= 15 is 0 Å². The van der Waals surface area contributed by atoms with Crippen LogP contribution < -0.4 is 0 Å². The third-order valence-electron chi connectivity index (χ3n) is 3.52. The Hall–Kier alpha value is -1.78. The second-order valence-corrected chi connectivity index (χ2v) is 8.01. The highest BCUT2D eigenvalue weighted by molar-refractivity contribution is 7.83. The molecule has 0 spiro atoms. The molecule has 1 heterocycles. The Balaban J connectivity index is 1.59. The maximum Gasteiger partial charge on any atom is 0.0972 e. The minimum Gasteiger partial charge on any atom is -0.259 e. The van der Waals surface area contributed by atoms with Crippen molar-refractivity contribution in [2.24, 2.45) is 0 Å². The highest BCUT2D eigenvalue weighted by atomic mass is 32.2. The number of hydrogen-bond acceptors (Lipinski definition) is 3. The molecule has 3 aromatic rings. The number of aryl methyl sites for hydroxylation is 1. The Morgan fingerprint density at radius 2 is 1.78 bits per heavy atom. The van der Waals surface area contributed by atoms with Crippen molar-refractivity contribution in [1.29, 1.82) is 0 Å². The molecule has 2 nitrogen and oxygen atoms in total. The van der Waals surface area contributed by atoms with Gasteiger partial charge in [0, 0.05) is 28.4 Å². The van der Waals surface area contributed by atoms with Crippen LogP contribution in [0.5, 0.6) is 0 Å². The fraction of sp³-hybridized carbons (Fsp3) is 0.211. The van der Waals surface area contributed by atoms with E-state index in [1.165, 1.54) is 11.1 Å². The van der Waals surface area contributed by atoms with E-state index in [0.29, 0.717) is 11.5 Å². The van der Waals surface area contributed by atoms with E-state index in [4.69, 9.17) is 0 Å². The van der Waals surface area contributed by atoms with Gasteiger partial charge in [-0.1, -0.05) is 60.2 Å². The molecule has 4 heteroatoms. The van der Waals surface area contributed by atoms with Crippen molar-refractivity contribution in [3.05, 3.63) is 87.4 Å². The van der Waals surface area contributed by atoms with Gasteiger partial charge in [-0.25, -0.2) is 4.98 Å². The average Bonchev–Trinajstić information content (AvgIpc) is 2.95. The minimum absolute atomic E-state index is 0.527. The van der Waals surface area contributed by atoms with Crippen LogP contribution in [0.4, 0.5) is 0 Å². The lowest BCUT2D eigenvalue weighted by Crippen LogP contribution is -2.00. The number of benzene rings is 2. The first-order valence-electron chi connectivity index (χ1n) is 7.57. The van der Waals surface area contributed by atoms with Crippen LogP contribution in [0.2, 0.25) is 0 Å². The summed E-state index contributed by atoms with van der Waals surface area (Å²) in [4.78, 5) is 4.63. The van der Waals surface area contributed by atoms with Crippen molar-refractivity contribution in [2.75, 3.05) is 0 Å². The summed E-state index contributed by atoms with van der Waals surface area (Å²) in [5.41, 5.74) is 4.53. The lowest BCUT2D eigenvalue weighted by atomic mass is 10.2. The maximum absolute atomic E-state index is 12.3. The predicted molar refractivity (Wildman–Crippen MR) is 98.1 cm³/mol. The van der Waals surface area contributed by atoms with Gasteiger partial charge in [-0.3, -0.25) is 4.21 Å². The lowest BCUT2D eigenvalue weighted by molar-refractivity contribution is 0.681. The summed E-state index contributed by atoms with van der Waals surface area (Å²) in [6, 6.07) is 18.5. The fourth-order valence-electron chi connectivity index (χ4n) is 2.47. The maximum atomic E-state index is 12.3. The first-order chi connectivity index (χ1) is 11.2. The second kappa shape index (κ2) is 7.66. The van der Waals surface area contributed by atoms with Crippen molar-refractivity contribution in [3.8, 4) is 0 Å². The lowest BCUT2D eigenvalue weighted by Gasteiger charge is -2.02. The number of nitrogens with zero attached hydrogens (tertiary/aromatic N) is 1. The molecule has 0 saturated carbocycles. The molecule has 23 heavy (non-hydrogen) atoms. The van der Waals surface area contributed by atoms with Crippen molar-refractivity contribution in [2.45, 2.75) is 24.9 Å². The summed E-state index contributed by atoms with van der Waals surface area (Å²) in [5, 5.41) is 3.12. The fourth-order valence-corrected chi connectivity index (χ4v) is 4.54. The Morgan fingerprint density at radius 3 is 2.57 bits per heavy atom. The van der Waals surface area contributed by atoms with Gasteiger partial charge in [0.15, 0.2) is 0 Å². The van der Waals surface area contributed by atoms with Crippen LogP contribution in [0.25, 0.3) is 0 Å². The molecule has 118 valence electrons. The van der Waals surface area contributed by atoms with Crippen molar-refractivity contribution >= 4 is 22.1 Å². The van der Waals surface area contributed by atoms with Crippen LogP contribution in [0.1, 0.15) is 27.4 Å². The number of hydrogen-bond donors (Lipinski definition) is 0. The Labute approximate surface area is 143 Å². The van der Waals surface area contributed by atoms with Gasteiger partial charge in [0.25, 0.3) is 0 Å². The zero-order valence-corrected chi connectivity index (χ0v) is 14.7. The molecule has 0 N–H and O–H groups in total. The van der Waals surface area contributed by atoms with Crippen molar-refractivity contribution in [3.63, 3.8) is 0 Å². The third kappa shape index (κ3) is 4.85. The zero-order chi connectivity index (χ0) is 16.1. The molecule has 1 aromatic heterocycles. The molecule has 0 bridgehead atoms. The quantitative estimate of drug-likeness (QED) is 0.661. The normalized spacial score (nSPS) is 12.2. The van der Waals surface area contributed by atoms with Gasteiger partial charge in [0.1, 0.15) is 0 Å². The van der Waals surface area contributed by atoms with Gasteiger partial charge in [-0.05, 0) is 18.1 Å². The number of thiazole rings is 1. The van der Waals surface area contributed by atoms with Gasteiger partial charge >= 0.3 is 0 Å². The van der Waals surface area contributed by atoms with Crippen molar-refractivity contribution in [1.82, 2.24) is 4.98 Å². The summed E-state index contributed by atoms with van der Waals surface area (Å²) in [6.45, 7) is 2.06. The monoisotopic (exact) mass is 341 g/mol. The molecule has 0 aliphatic rings. The first-order valence-corrected chi connectivity index (χ1v) is 9.93. The van der Waals surface area contributed by atoms with Crippen LogP contribution >= 0.6 is 11.3 Å². The molecule has 0 fully saturated rings. The second-order valence-electron chi connectivity index (χ2n) is 5.61. The van der Waals surface area contributed by atoms with Gasteiger partial charge in [-0.2, -0.15) is 0 Å². The van der Waals surface area contributed by atoms with Crippen LogP contribution in [-0.4, -0.2) is 9.19 Å². The Morgan fingerprint density at radius 1 is 1.00 bits per heavy atom. The SMILES string of the molecule is Cc1cccc(CS(=O)Cc2csc(Cc3ccccc3)n2)c1. The van der Waals surface area contributed by atoms with Crippen LogP contribution in [-0.2, 0) is 28.7 Å². The van der Waals surface area contributed by atoms with E-state index < -0.39 is 10.8 Å². The summed E-state index contributed by atoms with van der Waals surface area (Å²) >= 11 is 1.65. The highest BCUT2D eigenvalue weighted by Crippen LogP contribution is 2.17. The molecular formula is C19H19NOS2. The molecule has 2 aromatic carbocycles. The van der Waals surface area contributed by atoms with Crippen LogP contribution in [0, 0.1) is 6.92 Å². The summed E-state index contributed by atoms with van der Waals surface area (Å²) in [6.07, 6.45) is 0.843. The van der Waals surface area contributed by atoms with E-state index in [1.54, 1.807) is 11.3 Å². The third-order valence-corrected chi connectivity index (χ3v) is 5.69. The molecule has 1 unspecified atom stereocenters. The Bertz CT molecular complexity index is 796. The average molecular weight is 342 g/mol. The molecule has 0 aliphatic carbocycles. The smallest absolute Gasteiger partial charge is 0.0972 e. The standard InChI is InChI=1S/C19H19NOS2/c1-15-6-5-9-17(10-15)13-23(21)14-18-12-22-19(20-18)11-16-7-3-2-4-8-16/h2-10,12H,11,13-14H2,1H3. The number of aromatic nitrogens is 1. The Kier molecular flexibility index (Phi) is 5.36. The summed E-state index contributed by atoms with van der Waals surface area (Å²) in [7, 11) is -0.919. The van der Waals surface area contributed by atoms with Crippen LogP contribution in [0.15, 0.2) is 60.0 Å². The summed E-state index contributed by atoms with van der Waals surface area (Å²) < 4.78 is 12.3. The van der Waals surface area contributed by atoms with Gasteiger partial charge in [-0.15, -0.1) is 11.3 Å². The predicted octanol–water partition coefficient (Wildman–Crippen LogP) is 4.49. The molecule has 0 aliphatic heterocycles. The molecular weight excluding hydrogens is 322 g/mol. The topological polar surface area (TPSA) is 30.0 Å². The van der Waals surface area contributed by atoms with E-state index in [9.17, 15) is 4.21 Å². The van der Waals surface area contributed by atoms with Crippen molar-refractivity contribution < 1.29 is 4.21 Å². The van der Waals surface area contributed by atoms with E-state index in [-0.39, 0.29) is 0 Å². The summed E-state index contributed by atoms with van der Waals surface area (Å²) in [5.74, 6) is 1.12. The van der Waals surface area contributed by atoms with E-state index in [0.717, 1.165) is 22.7 Å². The molecule has 0 radical (unpaired) electrons. The van der Waals surface area contributed by atoms with E-state index in [1.807, 2.05) is 35.7 Å². The van der Waals surface area contributed by atoms with E-state index in [2.05, 4.69) is 36.2 Å². The minimum atomic E-state index is -0.919. The molecule has 1 atom stereocenters. The highest BCUT2D eigenvalue weighted by Gasteiger charge is 2.08. The van der Waals surface area contributed by atoms with Gasteiger partial charge in [0.05, 0.1) is 16.5 Å². The van der Waals surface area contributed by atoms with Gasteiger partial charge in [0.2, 0.25) is 0 Å².